The SMILES string of the molecule is NC(=O)c1ccc(CNc2ccc(Cl)cc2F)c(Cl)c1. The van der Waals surface area contributed by atoms with Gasteiger partial charge in [-0.25, -0.2) is 4.39 Å². The predicted molar refractivity (Wildman–Crippen MR) is 78.7 cm³/mol. The Bertz CT molecular complexity index is 662. The molecule has 2 aromatic rings. The van der Waals surface area contributed by atoms with Crippen molar-refractivity contribution in [2.75, 3.05) is 5.32 Å². The molecule has 2 aromatic carbocycles. The lowest BCUT2D eigenvalue weighted by Crippen LogP contribution is -2.11. The van der Waals surface area contributed by atoms with Crippen LogP contribution in [0.5, 0.6) is 0 Å². The van der Waals surface area contributed by atoms with Crippen molar-refractivity contribution >= 4 is 34.8 Å². The van der Waals surface area contributed by atoms with Crippen molar-refractivity contribution < 1.29 is 9.18 Å². The molecule has 0 aliphatic heterocycles. The third-order valence-corrected chi connectivity index (χ3v) is 3.32. The molecule has 0 radical (unpaired) electrons. The molecule has 0 atom stereocenters. The topological polar surface area (TPSA) is 55.1 Å². The van der Waals surface area contributed by atoms with Crippen LogP contribution in [0.2, 0.25) is 10.0 Å². The van der Waals surface area contributed by atoms with E-state index in [2.05, 4.69) is 5.32 Å². The Morgan fingerprint density at radius 2 is 1.95 bits per heavy atom. The van der Waals surface area contributed by atoms with E-state index in [0.29, 0.717) is 27.8 Å². The summed E-state index contributed by atoms with van der Waals surface area (Å²) in [5.41, 5.74) is 6.54. The van der Waals surface area contributed by atoms with Gasteiger partial charge in [-0.2, -0.15) is 0 Å². The standard InChI is InChI=1S/C14H11Cl2FN2O/c15-10-3-4-13(12(17)6-10)19-7-9-2-1-8(14(18)20)5-11(9)16/h1-6,19H,7H2,(H2,18,20). The first-order valence-corrected chi connectivity index (χ1v) is 6.50. The molecule has 20 heavy (non-hydrogen) atoms. The number of rotatable bonds is 4. The predicted octanol–water partition coefficient (Wildman–Crippen LogP) is 3.84. The summed E-state index contributed by atoms with van der Waals surface area (Å²) in [6.07, 6.45) is 0. The third-order valence-electron chi connectivity index (χ3n) is 2.74. The minimum atomic E-state index is -0.546. The van der Waals surface area contributed by atoms with E-state index in [0.717, 1.165) is 5.56 Å². The number of carbonyl (C=O) groups excluding carboxylic acids is 1. The highest BCUT2D eigenvalue weighted by molar-refractivity contribution is 6.31. The first-order valence-electron chi connectivity index (χ1n) is 5.74. The van der Waals surface area contributed by atoms with Gasteiger partial charge in [0.2, 0.25) is 5.91 Å². The van der Waals surface area contributed by atoms with Crippen molar-refractivity contribution in [2.24, 2.45) is 5.73 Å². The Balaban J connectivity index is 2.13. The normalized spacial score (nSPS) is 10.3. The number of halogens is 3. The molecule has 0 fully saturated rings. The third kappa shape index (κ3) is 3.40. The monoisotopic (exact) mass is 312 g/mol. The molecule has 0 aromatic heterocycles. The van der Waals surface area contributed by atoms with Crippen LogP contribution in [0.1, 0.15) is 15.9 Å². The number of carbonyl (C=O) groups is 1. The average molecular weight is 313 g/mol. The van der Waals surface area contributed by atoms with Crippen LogP contribution in [0.4, 0.5) is 10.1 Å². The van der Waals surface area contributed by atoms with E-state index in [1.165, 1.54) is 12.1 Å². The molecule has 0 aliphatic rings. The van der Waals surface area contributed by atoms with Gasteiger partial charge in [-0.1, -0.05) is 29.3 Å². The summed E-state index contributed by atoms with van der Waals surface area (Å²) in [5.74, 6) is -0.988. The lowest BCUT2D eigenvalue weighted by atomic mass is 10.1. The Kier molecular flexibility index (Phi) is 4.47. The summed E-state index contributed by atoms with van der Waals surface area (Å²) < 4.78 is 13.6. The van der Waals surface area contributed by atoms with Crippen molar-refractivity contribution in [1.82, 2.24) is 0 Å². The van der Waals surface area contributed by atoms with Gasteiger partial charge in [-0.3, -0.25) is 4.79 Å². The second-order valence-electron chi connectivity index (χ2n) is 4.15. The van der Waals surface area contributed by atoms with Gasteiger partial charge in [0.15, 0.2) is 0 Å². The maximum absolute atomic E-state index is 13.6. The van der Waals surface area contributed by atoms with Crippen LogP contribution in [0, 0.1) is 5.82 Å². The molecule has 3 N–H and O–H groups in total. The van der Waals surface area contributed by atoms with E-state index in [-0.39, 0.29) is 0 Å². The fourth-order valence-corrected chi connectivity index (χ4v) is 2.07. The number of benzene rings is 2. The largest absolute Gasteiger partial charge is 0.379 e. The minimum Gasteiger partial charge on any atom is -0.379 e. The van der Waals surface area contributed by atoms with Crippen LogP contribution in [0.3, 0.4) is 0 Å². The maximum Gasteiger partial charge on any atom is 0.248 e. The molecule has 0 unspecified atom stereocenters. The van der Waals surface area contributed by atoms with E-state index < -0.39 is 11.7 Å². The van der Waals surface area contributed by atoms with Gasteiger partial charge in [0, 0.05) is 22.2 Å². The Morgan fingerprint density at radius 3 is 2.55 bits per heavy atom. The molecule has 2 rings (SSSR count). The van der Waals surface area contributed by atoms with Crippen molar-refractivity contribution in [1.29, 1.82) is 0 Å². The molecule has 0 heterocycles. The summed E-state index contributed by atoms with van der Waals surface area (Å²) >= 11 is 11.7. The lowest BCUT2D eigenvalue weighted by molar-refractivity contribution is 0.100. The van der Waals surface area contributed by atoms with Crippen molar-refractivity contribution in [3.05, 3.63) is 63.4 Å². The zero-order valence-electron chi connectivity index (χ0n) is 10.3. The van der Waals surface area contributed by atoms with Crippen molar-refractivity contribution in [3.63, 3.8) is 0 Å². The molecular formula is C14H11Cl2FN2O. The number of amides is 1. The van der Waals surface area contributed by atoms with Crippen LogP contribution in [0.15, 0.2) is 36.4 Å². The van der Waals surface area contributed by atoms with E-state index >= 15 is 0 Å². The summed E-state index contributed by atoms with van der Waals surface area (Å²) in [6.45, 7) is 0.316. The summed E-state index contributed by atoms with van der Waals surface area (Å²) in [7, 11) is 0. The quantitative estimate of drug-likeness (QED) is 0.901. The molecule has 0 saturated heterocycles. The molecular weight excluding hydrogens is 302 g/mol. The second kappa shape index (κ2) is 6.11. The molecule has 104 valence electrons. The van der Waals surface area contributed by atoms with Gasteiger partial charge in [-0.15, -0.1) is 0 Å². The van der Waals surface area contributed by atoms with Gasteiger partial charge in [0.1, 0.15) is 5.82 Å². The first kappa shape index (κ1) is 14.6. The highest BCUT2D eigenvalue weighted by Crippen LogP contribution is 2.22. The number of nitrogens with two attached hydrogens (primary N) is 1. The molecule has 0 spiro atoms. The molecule has 0 saturated carbocycles. The highest BCUT2D eigenvalue weighted by atomic mass is 35.5. The minimum absolute atomic E-state index is 0.316. The second-order valence-corrected chi connectivity index (χ2v) is 4.99. The van der Waals surface area contributed by atoms with E-state index in [4.69, 9.17) is 28.9 Å². The highest BCUT2D eigenvalue weighted by Gasteiger charge is 2.07. The van der Waals surface area contributed by atoms with Crippen LogP contribution >= 0.6 is 23.2 Å². The zero-order valence-corrected chi connectivity index (χ0v) is 11.8. The van der Waals surface area contributed by atoms with Crippen LogP contribution in [-0.2, 0) is 6.54 Å². The van der Waals surface area contributed by atoms with Gasteiger partial charge in [-0.05, 0) is 35.9 Å². The molecule has 0 bridgehead atoms. The maximum atomic E-state index is 13.6. The van der Waals surface area contributed by atoms with E-state index in [1.54, 1.807) is 24.3 Å². The lowest BCUT2D eigenvalue weighted by Gasteiger charge is -2.10. The zero-order chi connectivity index (χ0) is 14.7. The number of primary amides is 1. The number of hydrogen-bond donors (Lipinski definition) is 2. The molecule has 3 nitrogen and oxygen atoms in total. The number of hydrogen-bond acceptors (Lipinski definition) is 2. The fourth-order valence-electron chi connectivity index (χ4n) is 1.67. The van der Waals surface area contributed by atoms with Gasteiger partial charge >= 0.3 is 0 Å². The van der Waals surface area contributed by atoms with E-state index in [9.17, 15) is 9.18 Å². The fraction of sp³-hybridized carbons (Fsp3) is 0.0714. The van der Waals surface area contributed by atoms with Crippen molar-refractivity contribution in [2.45, 2.75) is 6.54 Å². The van der Waals surface area contributed by atoms with Gasteiger partial charge in [0.05, 0.1) is 5.69 Å². The smallest absolute Gasteiger partial charge is 0.248 e. The Labute approximate surface area is 125 Å². The Hall–Kier alpha value is -1.78. The number of nitrogens with one attached hydrogen (secondary N) is 1. The molecule has 6 heteroatoms. The van der Waals surface area contributed by atoms with E-state index in [1.807, 2.05) is 0 Å². The molecule has 1 amide bonds. The number of anilines is 1. The Morgan fingerprint density at radius 1 is 1.20 bits per heavy atom. The van der Waals surface area contributed by atoms with Gasteiger partial charge in [0.25, 0.3) is 0 Å². The molecule has 0 aliphatic carbocycles. The van der Waals surface area contributed by atoms with Crippen molar-refractivity contribution in [3.8, 4) is 0 Å². The van der Waals surface area contributed by atoms with Gasteiger partial charge < -0.3 is 11.1 Å². The van der Waals surface area contributed by atoms with Crippen LogP contribution in [-0.4, -0.2) is 5.91 Å². The first-order chi connectivity index (χ1) is 9.47. The summed E-state index contributed by atoms with van der Waals surface area (Å²) in [5, 5.41) is 3.63. The van der Waals surface area contributed by atoms with Crippen LogP contribution < -0.4 is 11.1 Å². The summed E-state index contributed by atoms with van der Waals surface area (Å²) in [4.78, 5) is 11.0. The van der Waals surface area contributed by atoms with Crippen LogP contribution in [0.25, 0.3) is 0 Å². The average Bonchev–Trinajstić information content (AvgIpc) is 2.38. The summed E-state index contributed by atoms with van der Waals surface area (Å²) in [6, 6.07) is 9.08.